The number of amides is 2. The van der Waals surface area contributed by atoms with E-state index in [0.29, 0.717) is 11.4 Å². The van der Waals surface area contributed by atoms with Gasteiger partial charge in [0, 0.05) is 0 Å². The lowest BCUT2D eigenvalue weighted by molar-refractivity contribution is -0.129. The number of epoxide rings is 1. The Morgan fingerprint density at radius 1 is 1.06 bits per heavy atom. The van der Waals surface area contributed by atoms with Crippen LogP contribution in [0.2, 0.25) is 0 Å². The molecule has 0 N–H and O–H groups in total. The van der Waals surface area contributed by atoms with E-state index >= 15 is 0 Å². The number of hydrogen-bond acceptors (Lipinski definition) is 4. The molecule has 5 heteroatoms. The van der Waals surface area contributed by atoms with Gasteiger partial charge in [-0.05, 0) is 38.1 Å². The predicted molar refractivity (Wildman–Crippen MR) is 63.4 cm³/mol. The van der Waals surface area contributed by atoms with E-state index in [2.05, 4.69) is 0 Å². The Morgan fingerprint density at radius 2 is 1.56 bits per heavy atom. The van der Waals surface area contributed by atoms with Gasteiger partial charge < -0.3 is 9.47 Å². The van der Waals surface area contributed by atoms with Gasteiger partial charge in [-0.2, -0.15) is 0 Å². The highest BCUT2D eigenvalue weighted by molar-refractivity contribution is 6.30. The number of carbonyl (C=O) groups excluding carboxylic acids is 2. The zero-order chi connectivity index (χ0) is 13.1. The molecule has 18 heavy (non-hydrogen) atoms. The Labute approximate surface area is 104 Å². The average molecular weight is 247 g/mol. The largest absolute Gasteiger partial charge is 0.497 e. The van der Waals surface area contributed by atoms with Crippen molar-refractivity contribution in [1.29, 1.82) is 0 Å². The van der Waals surface area contributed by atoms with Gasteiger partial charge in [-0.3, -0.25) is 9.59 Å². The van der Waals surface area contributed by atoms with Crippen molar-refractivity contribution in [2.45, 2.75) is 25.0 Å². The Hall–Kier alpha value is -1.88. The minimum Gasteiger partial charge on any atom is -0.497 e. The molecule has 1 aromatic rings. The number of benzene rings is 1. The molecule has 3 rings (SSSR count). The van der Waals surface area contributed by atoms with Gasteiger partial charge in [0.05, 0.1) is 12.8 Å². The predicted octanol–water partition coefficient (Wildman–Crippen LogP) is 1.12. The molecular weight excluding hydrogens is 234 g/mol. The molecule has 94 valence electrons. The molecule has 0 spiro atoms. The molecule has 0 aromatic heterocycles. The first-order chi connectivity index (χ1) is 8.44. The first-order valence-electron chi connectivity index (χ1n) is 5.67. The highest BCUT2D eigenvalue weighted by Gasteiger charge is 2.81. The molecule has 0 bridgehead atoms. The second-order valence-corrected chi connectivity index (χ2v) is 4.81. The van der Waals surface area contributed by atoms with E-state index in [1.54, 1.807) is 45.2 Å². The van der Waals surface area contributed by atoms with Crippen molar-refractivity contribution >= 4 is 17.5 Å². The van der Waals surface area contributed by atoms with Crippen LogP contribution in [0.4, 0.5) is 5.69 Å². The maximum atomic E-state index is 12.2. The lowest BCUT2D eigenvalue weighted by Crippen LogP contribution is -2.38. The van der Waals surface area contributed by atoms with Crippen molar-refractivity contribution in [1.82, 2.24) is 0 Å². The van der Waals surface area contributed by atoms with Crippen molar-refractivity contribution in [2.75, 3.05) is 12.0 Å². The van der Waals surface area contributed by atoms with Crippen LogP contribution in [0.3, 0.4) is 0 Å². The van der Waals surface area contributed by atoms with Gasteiger partial charge in [-0.1, -0.05) is 0 Å². The van der Waals surface area contributed by atoms with Gasteiger partial charge in [0.1, 0.15) is 5.75 Å². The molecule has 2 heterocycles. The van der Waals surface area contributed by atoms with Crippen LogP contribution < -0.4 is 9.64 Å². The number of fused-ring (bicyclic) bond motifs is 1. The summed E-state index contributed by atoms with van der Waals surface area (Å²) >= 11 is 0. The van der Waals surface area contributed by atoms with Crippen LogP contribution >= 0.6 is 0 Å². The monoisotopic (exact) mass is 247 g/mol. The first-order valence-corrected chi connectivity index (χ1v) is 5.67. The molecule has 2 aliphatic heterocycles. The molecular formula is C13H13NO4. The van der Waals surface area contributed by atoms with Gasteiger partial charge in [0.15, 0.2) is 11.2 Å². The summed E-state index contributed by atoms with van der Waals surface area (Å²) in [5, 5.41) is 0. The van der Waals surface area contributed by atoms with Crippen LogP contribution in [-0.2, 0) is 14.3 Å². The first kappa shape index (κ1) is 11.2. The number of carbonyl (C=O) groups is 2. The third-order valence-corrected chi connectivity index (χ3v) is 3.83. The van der Waals surface area contributed by atoms with E-state index in [1.807, 2.05) is 0 Å². The fourth-order valence-corrected chi connectivity index (χ4v) is 2.36. The second kappa shape index (κ2) is 3.11. The highest BCUT2D eigenvalue weighted by atomic mass is 16.6. The fraction of sp³-hybridized carbons (Fsp3) is 0.385. The molecule has 2 atom stereocenters. The molecule has 2 saturated heterocycles. The molecule has 2 aliphatic rings. The number of imide groups is 1. The quantitative estimate of drug-likeness (QED) is 0.580. The SMILES string of the molecule is COc1ccc(N2C(=O)C3(C)OC3(C)C2=O)cc1. The minimum absolute atomic E-state index is 0.305. The Morgan fingerprint density at radius 3 is 2.00 bits per heavy atom. The van der Waals surface area contributed by atoms with E-state index in [1.165, 1.54) is 4.90 Å². The van der Waals surface area contributed by atoms with Crippen molar-refractivity contribution in [2.24, 2.45) is 0 Å². The van der Waals surface area contributed by atoms with Crippen LogP contribution in [0.25, 0.3) is 0 Å². The van der Waals surface area contributed by atoms with Crippen LogP contribution in [0.15, 0.2) is 24.3 Å². The molecule has 1 aromatic carbocycles. The van der Waals surface area contributed by atoms with Crippen LogP contribution in [0.5, 0.6) is 5.75 Å². The summed E-state index contributed by atoms with van der Waals surface area (Å²) < 4.78 is 10.3. The molecule has 5 nitrogen and oxygen atoms in total. The molecule has 2 amide bonds. The summed E-state index contributed by atoms with van der Waals surface area (Å²) in [5.74, 6) is 0.0667. The maximum Gasteiger partial charge on any atom is 0.269 e. The number of nitrogens with zero attached hydrogens (tertiary/aromatic N) is 1. The van der Waals surface area contributed by atoms with Crippen LogP contribution in [0.1, 0.15) is 13.8 Å². The molecule has 0 radical (unpaired) electrons. The molecule has 0 aliphatic carbocycles. The number of hydrogen-bond donors (Lipinski definition) is 0. The van der Waals surface area contributed by atoms with Gasteiger partial charge in [-0.25, -0.2) is 4.90 Å². The molecule has 2 fully saturated rings. The van der Waals surface area contributed by atoms with Gasteiger partial charge in [0.25, 0.3) is 11.8 Å². The van der Waals surface area contributed by atoms with Crippen LogP contribution in [0, 0.1) is 0 Å². The topological polar surface area (TPSA) is 59.1 Å². The Balaban J connectivity index is 1.98. The van der Waals surface area contributed by atoms with Gasteiger partial charge >= 0.3 is 0 Å². The van der Waals surface area contributed by atoms with Crippen molar-refractivity contribution in [3.05, 3.63) is 24.3 Å². The Bertz CT molecular complexity index is 527. The molecule has 0 saturated carbocycles. The fourth-order valence-electron chi connectivity index (χ4n) is 2.36. The zero-order valence-electron chi connectivity index (χ0n) is 10.4. The second-order valence-electron chi connectivity index (χ2n) is 4.81. The van der Waals surface area contributed by atoms with E-state index < -0.39 is 11.2 Å². The van der Waals surface area contributed by atoms with E-state index in [-0.39, 0.29) is 11.8 Å². The standard InChI is InChI=1S/C13H13NO4/c1-12-10(15)14(11(16)13(12,2)18-12)8-4-6-9(17-3)7-5-8/h4-7H,1-3H3. The summed E-state index contributed by atoms with van der Waals surface area (Å²) in [7, 11) is 1.56. The summed E-state index contributed by atoms with van der Waals surface area (Å²) in [5.41, 5.74) is -1.45. The summed E-state index contributed by atoms with van der Waals surface area (Å²) in [6, 6.07) is 6.80. The third kappa shape index (κ3) is 1.09. The number of rotatable bonds is 2. The van der Waals surface area contributed by atoms with Gasteiger partial charge in [0.2, 0.25) is 0 Å². The lowest BCUT2D eigenvalue weighted by atomic mass is 10.00. The van der Waals surface area contributed by atoms with E-state index in [9.17, 15) is 9.59 Å². The third-order valence-electron chi connectivity index (χ3n) is 3.83. The van der Waals surface area contributed by atoms with E-state index in [0.717, 1.165) is 0 Å². The normalized spacial score (nSPS) is 33.6. The highest BCUT2D eigenvalue weighted by Crippen LogP contribution is 2.55. The van der Waals surface area contributed by atoms with E-state index in [4.69, 9.17) is 9.47 Å². The van der Waals surface area contributed by atoms with Crippen molar-refractivity contribution in [3.8, 4) is 5.75 Å². The number of methoxy groups -OCH3 is 1. The zero-order valence-corrected chi connectivity index (χ0v) is 10.4. The minimum atomic E-state index is -0.996. The smallest absolute Gasteiger partial charge is 0.269 e. The lowest BCUT2D eigenvalue weighted by Gasteiger charge is -2.18. The number of anilines is 1. The number of ether oxygens (including phenoxy) is 2. The van der Waals surface area contributed by atoms with Crippen LogP contribution in [-0.4, -0.2) is 30.1 Å². The van der Waals surface area contributed by atoms with Gasteiger partial charge in [-0.15, -0.1) is 0 Å². The molecule has 2 unspecified atom stereocenters. The van der Waals surface area contributed by atoms with Crippen molar-refractivity contribution in [3.63, 3.8) is 0 Å². The summed E-state index contributed by atoms with van der Waals surface area (Å²) in [6.45, 7) is 3.30. The summed E-state index contributed by atoms with van der Waals surface area (Å²) in [6.07, 6.45) is 0. The average Bonchev–Trinajstić information content (AvgIpc) is 2.91. The number of morpholine rings is 1. The Kier molecular flexibility index (Phi) is 1.94. The maximum absolute atomic E-state index is 12.2. The van der Waals surface area contributed by atoms with Crippen molar-refractivity contribution < 1.29 is 19.1 Å². The summed E-state index contributed by atoms with van der Waals surface area (Å²) in [4.78, 5) is 25.6.